The zero-order chi connectivity index (χ0) is 26.5. The maximum Gasteiger partial charge on any atom is 0.337 e. The molecule has 1 heterocycles. The number of hydrazone groups is 1. The van der Waals surface area contributed by atoms with Crippen molar-refractivity contribution in [2.75, 3.05) is 34.4 Å². The molecule has 2 aromatic carbocycles. The molecule has 1 aliphatic heterocycles. The van der Waals surface area contributed by atoms with E-state index < -0.39 is 0 Å². The number of nitrogens with zero attached hydrogens (tertiary/aromatic N) is 2. The number of nitrogens with one attached hydrogen (secondary N) is 2. The number of rotatable bonds is 8. The summed E-state index contributed by atoms with van der Waals surface area (Å²) in [6.45, 7) is 6.22. The van der Waals surface area contributed by atoms with Gasteiger partial charge in [0, 0.05) is 35.7 Å². The van der Waals surface area contributed by atoms with Crippen LogP contribution in [-0.4, -0.2) is 68.2 Å². The van der Waals surface area contributed by atoms with Crippen LogP contribution in [0.3, 0.4) is 0 Å². The van der Waals surface area contributed by atoms with Crippen molar-refractivity contribution in [1.29, 1.82) is 0 Å². The van der Waals surface area contributed by atoms with E-state index in [0.717, 1.165) is 23.1 Å². The highest BCUT2D eigenvalue weighted by Crippen LogP contribution is 2.34. The number of fused-ring (bicyclic) bond motifs is 1. The number of carbonyl (C=O) groups excluding carboxylic acids is 2. The van der Waals surface area contributed by atoms with E-state index >= 15 is 0 Å². The molecule has 0 spiro atoms. The molecule has 0 radical (unpaired) electrons. The summed E-state index contributed by atoms with van der Waals surface area (Å²) >= 11 is 0. The van der Waals surface area contributed by atoms with Gasteiger partial charge in [-0.1, -0.05) is 26.0 Å². The minimum Gasteiger partial charge on any atom is -0.493 e. The van der Waals surface area contributed by atoms with Crippen LogP contribution in [0.1, 0.15) is 54.2 Å². The predicted octanol–water partition coefficient (Wildman–Crippen LogP) is 3.18. The molecule has 0 fully saturated rings. The second kappa shape index (κ2) is 11.4. The smallest absolute Gasteiger partial charge is 0.337 e. The van der Waals surface area contributed by atoms with Crippen molar-refractivity contribution in [3.63, 3.8) is 0 Å². The number of urea groups is 1. The minimum atomic E-state index is -0.367. The van der Waals surface area contributed by atoms with Gasteiger partial charge in [0.1, 0.15) is 0 Å². The lowest BCUT2D eigenvalue weighted by molar-refractivity contribution is 0.0891. The lowest BCUT2D eigenvalue weighted by Gasteiger charge is -2.25. The van der Waals surface area contributed by atoms with Gasteiger partial charge in [-0.3, -0.25) is 4.79 Å². The first-order chi connectivity index (χ1) is 17.2. The topological polar surface area (TPSA) is 112 Å². The standard InChI is InChI=1S/C27H36N4O5/c1-7-27(3,16-32)15-29-25(33)19-10-8-18(9-11-19)24-21-14-23(36-6)22(35-5)13-20(21)12-17(2)31(30-24)26(34)28-4/h8-11,13-14,17,32H,7,12,15-16H2,1-6H3,(H,28,34)(H,29,33)/t17-,27?/m1/s1. The van der Waals surface area contributed by atoms with Gasteiger partial charge in [0.05, 0.1) is 32.6 Å². The van der Waals surface area contributed by atoms with E-state index in [-0.39, 0.29) is 30.0 Å². The number of amides is 3. The third-order valence-electron chi connectivity index (χ3n) is 6.76. The Morgan fingerprint density at radius 2 is 1.81 bits per heavy atom. The summed E-state index contributed by atoms with van der Waals surface area (Å²) in [6.07, 6.45) is 1.31. The van der Waals surface area contributed by atoms with E-state index in [1.54, 1.807) is 33.4 Å². The quantitative estimate of drug-likeness (QED) is 0.520. The maximum atomic E-state index is 12.7. The molecule has 3 rings (SSSR count). The molecule has 1 unspecified atom stereocenters. The predicted molar refractivity (Wildman–Crippen MR) is 139 cm³/mol. The number of aliphatic hydroxyl groups excluding tert-OH is 1. The molecule has 1 aliphatic rings. The first-order valence-corrected chi connectivity index (χ1v) is 12.0. The molecule has 194 valence electrons. The molecule has 0 aliphatic carbocycles. The van der Waals surface area contributed by atoms with Gasteiger partial charge in [0.25, 0.3) is 5.91 Å². The molecule has 0 bridgehead atoms. The third kappa shape index (κ3) is 5.62. The van der Waals surface area contributed by atoms with Gasteiger partial charge in [0.2, 0.25) is 0 Å². The van der Waals surface area contributed by atoms with Gasteiger partial charge in [0.15, 0.2) is 11.5 Å². The average Bonchev–Trinajstić information content (AvgIpc) is 3.05. The van der Waals surface area contributed by atoms with Crippen molar-refractivity contribution in [2.45, 2.75) is 39.7 Å². The minimum absolute atomic E-state index is 0.00351. The van der Waals surface area contributed by atoms with Gasteiger partial charge in [-0.05, 0) is 49.6 Å². The molecule has 2 atom stereocenters. The molecule has 3 amide bonds. The second-order valence-corrected chi connectivity index (χ2v) is 9.35. The average molecular weight is 497 g/mol. The fourth-order valence-electron chi connectivity index (χ4n) is 4.02. The Morgan fingerprint density at radius 1 is 1.17 bits per heavy atom. The summed E-state index contributed by atoms with van der Waals surface area (Å²) in [7, 11) is 4.73. The van der Waals surface area contributed by atoms with Crippen molar-refractivity contribution in [3.05, 3.63) is 58.7 Å². The number of hydrogen-bond acceptors (Lipinski definition) is 6. The van der Waals surface area contributed by atoms with Gasteiger partial charge in [-0.15, -0.1) is 0 Å². The molecule has 0 aromatic heterocycles. The van der Waals surface area contributed by atoms with E-state index in [2.05, 4.69) is 10.6 Å². The largest absolute Gasteiger partial charge is 0.493 e. The van der Waals surface area contributed by atoms with Gasteiger partial charge in [-0.2, -0.15) is 5.10 Å². The van der Waals surface area contributed by atoms with Crippen LogP contribution in [-0.2, 0) is 6.42 Å². The Balaban J connectivity index is 2.01. The molecule has 0 saturated heterocycles. The first-order valence-electron chi connectivity index (χ1n) is 12.0. The van der Waals surface area contributed by atoms with Crippen LogP contribution in [0, 0.1) is 5.41 Å². The van der Waals surface area contributed by atoms with Crippen molar-refractivity contribution >= 4 is 17.6 Å². The molecule has 9 nitrogen and oxygen atoms in total. The SMILES string of the molecule is CCC(C)(CO)CNC(=O)c1ccc(C2=NN(C(=O)NC)[C@H](C)Cc3cc(OC)c(OC)cc32)cc1. The molecule has 2 aromatic rings. The highest BCUT2D eigenvalue weighted by atomic mass is 16.5. The summed E-state index contributed by atoms with van der Waals surface area (Å²) in [5.74, 6) is 0.943. The Bertz CT molecular complexity index is 1130. The van der Waals surface area contributed by atoms with E-state index in [4.69, 9.17) is 14.6 Å². The van der Waals surface area contributed by atoms with E-state index in [1.165, 1.54) is 5.01 Å². The fraction of sp³-hybridized carbons (Fsp3) is 0.444. The van der Waals surface area contributed by atoms with Crippen LogP contribution in [0.4, 0.5) is 4.79 Å². The Morgan fingerprint density at radius 3 is 2.36 bits per heavy atom. The van der Waals surface area contributed by atoms with Crippen molar-refractivity contribution in [3.8, 4) is 11.5 Å². The van der Waals surface area contributed by atoms with Crippen LogP contribution in [0.25, 0.3) is 0 Å². The number of ether oxygens (including phenoxy) is 2. The summed E-state index contributed by atoms with van der Waals surface area (Å²) < 4.78 is 11.0. The van der Waals surface area contributed by atoms with E-state index in [1.807, 2.05) is 45.0 Å². The van der Waals surface area contributed by atoms with Crippen molar-refractivity contribution in [1.82, 2.24) is 15.6 Å². The van der Waals surface area contributed by atoms with Gasteiger partial charge in [-0.25, -0.2) is 9.80 Å². The van der Waals surface area contributed by atoms with E-state index in [9.17, 15) is 14.7 Å². The zero-order valence-electron chi connectivity index (χ0n) is 21.8. The highest BCUT2D eigenvalue weighted by Gasteiger charge is 2.28. The summed E-state index contributed by atoms with van der Waals surface area (Å²) in [4.78, 5) is 25.4. The number of benzene rings is 2. The molecule has 0 saturated carbocycles. The fourth-order valence-corrected chi connectivity index (χ4v) is 4.02. The first kappa shape index (κ1) is 27.0. The second-order valence-electron chi connectivity index (χ2n) is 9.35. The van der Waals surface area contributed by atoms with Crippen LogP contribution >= 0.6 is 0 Å². The molecule has 3 N–H and O–H groups in total. The van der Waals surface area contributed by atoms with Gasteiger partial charge >= 0.3 is 6.03 Å². The van der Waals surface area contributed by atoms with Crippen LogP contribution in [0.15, 0.2) is 41.5 Å². The zero-order valence-corrected chi connectivity index (χ0v) is 21.8. The maximum absolute atomic E-state index is 12.7. The van der Waals surface area contributed by atoms with E-state index in [0.29, 0.717) is 35.7 Å². The number of methoxy groups -OCH3 is 2. The number of aliphatic hydroxyl groups is 1. The molecular weight excluding hydrogens is 460 g/mol. The Hall–Kier alpha value is -3.59. The molecular formula is C27H36N4O5. The highest BCUT2D eigenvalue weighted by molar-refractivity contribution is 6.15. The lowest BCUT2D eigenvalue weighted by atomic mass is 9.88. The van der Waals surface area contributed by atoms with Crippen LogP contribution in [0.2, 0.25) is 0 Å². The monoisotopic (exact) mass is 496 g/mol. The Labute approximate surface area is 212 Å². The van der Waals surface area contributed by atoms with Gasteiger partial charge < -0.3 is 25.2 Å². The summed E-state index contributed by atoms with van der Waals surface area (Å²) in [5.41, 5.74) is 3.25. The third-order valence-corrected chi connectivity index (χ3v) is 6.76. The van der Waals surface area contributed by atoms with Crippen LogP contribution < -0.4 is 20.1 Å². The summed E-state index contributed by atoms with van der Waals surface area (Å²) in [5, 5.41) is 21.4. The number of hydrogen-bond donors (Lipinski definition) is 3. The van der Waals surface area contributed by atoms with Crippen molar-refractivity contribution < 1.29 is 24.2 Å². The van der Waals surface area contributed by atoms with Crippen molar-refractivity contribution in [2.24, 2.45) is 10.5 Å². The van der Waals surface area contributed by atoms with Crippen LogP contribution in [0.5, 0.6) is 11.5 Å². The molecule has 9 heteroatoms. The number of carbonyl (C=O) groups is 2. The molecule has 36 heavy (non-hydrogen) atoms. The lowest BCUT2D eigenvalue weighted by Crippen LogP contribution is -2.41. The summed E-state index contributed by atoms with van der Waals surface area (Å²) in [6, 6.07) is 10.4. The normalized spacial score (nSPS) is 16.7. The Kier molecular flexibility index (Phi) is 8.57.